The standard InChI is InChI=1S/C17H20N4O/c1-21(11-8-13-6-9-18-10-7-13)16-5-4-15(12-19-16)20-17(22)14-2-3-14/h4-7,9-10,12,14H,2-3,8,11H2,1H3,(H,20,22). The fourth-order valence-electron chi connectivity index (χ4n) is 2.24. The Kier molecular flexibility index (Phi) is 4.32. The summed E-state index contributed by atoms with van der Waals surface area (Å²) < 4.78 is 0. The molecule has 2 aromatic heterocycles. The van der Waals surface area contributed by atoms with Crippen LogP contribution in [-0.2, 0) is 11.2 Å². The highest BCUT2D eigenvalue weighted by molar-refractivity contribution is 5.93. The van der Waals surface area contributed by atoms with Gasteiger partial charge < -0.3 is 10.2 Å². The first kappa shape index (κ1) is 14.5. The summed E-state index contributed by atoms with van der Waals surface area (Å²) in [5, 5.41) is 2.90. The maximum Gasteiger partial charge on any atom is 0.227 e. The van der Waals surface area contributed by atoms with Crippen LogP contribution in [0.15, 0.2) is 42.9 Å². The molecule has 1 N–H and O–H groups in total. The summed E-state index contributed by atoms with van der Waals surface area (Å²) in [6.45, 7) is 0.880. The van der Waals surface area contributed by atoms with Gasteiger partial charge in [0.05, 0.1) is 11.9 Å². The summed E-state index contributed by atoms with van der Waals surface area (Å²) in [5.41, 5.74) is 2.03. The molecular formula is C17H20N4O. The van der Waals surface area contributed by atoms with Gasteiger partial charge in [0, 0.05) is 31.9 Å². The molecule has 0 spiro atoms. The van der Waals surface area contributed by atoms with Gasteiger partial charge in [0.1, 0.15) is 5.82 Å². The first-order chi connectivity index (χ1) is 10.7. The van der Waals surface area contributed by atoms with E-state index in [9.17, 15) is 4.79 Å². The largest absolute Gasteiger partial charge is 0.359 e. The number of likely N-dealkylation sites (N-methyl/N-ethyl adjacent to an activating group) is 1. The number of carbonyl (C=O) groups is 1. The highest BCUT2D eigenvalue weighted by Crippen LogP contribution is 2.30. The molecule has 1 aliphatic rings. The summed E-state index contributed by atoms with van der Waals surface area (Å²) in [4.78, 5) is 22.2. The molecule has 0 unspecified atom stereocenters. The number of anilines is 2. The highest BCUT2D eigenvalue weighted by Gasteiger charge is 2.29. The molecule has 5 nitrogen and oxygen atoms in total. The Balaban J connectivity index is 1.53. The normalized spacial score (nSPS) is 13.7. The summed E-state index contributed by atoms with van der Waals surface area (Å²) in [6.07, 6.45) is 8.31. The lowest BCUT2D eigenvalue weighted by Gasteiger charge is -2.18. The van der Waals surface area contributed by atoms with Crippen molar-refractivity contribution in [3.05, 3.63) is 48.4 Å². The number of hydrogen-bond acceptors (Lipinski definition) is 4. The summed E-state index contributed by atoms with van der Waals surface area (Å²) in [5.74, 6) is 1.22. The SMILES string of the molecule is CN(CCc1ccncc1)c1ccc(NC(=O)C2CC2)cn1. The third-order valence-electron chi connectivity index (χ3n) is 3.84. The van der Waals surface area contributed by atoms with Crippen LogP contribution in [0.5, 0.6) is 0 Å². The molecule has 3 rings (SSSR count). The summed E-state index contributed by atoms with van der Waals surface area (Å²) >= 11 is 0. The average Bonchev–Trinajstić information content (AvgIpc) is 3.39. The van der Waals surface area contributed by atoms with Crippen LogP contribution >= 0.6 is 0 Å². The maximum atomic E-state index is 11.7. The Hall–Kier alpha value is -2.43. The van der Waals surface area contributed by atoms with Crippen LogP contribution in [0.4, 0.5) is 11.5 Å². The number of amides is 1. The number of rotatable bonds is 6. The second kappa shape index (κ2) is 6.56. The zero-order valence-corrected chi connectivity index (χ0v) is 12.7. The molecule has 0 bridgehead atoms. The lowest BCUT2D eigenvalue weighted by atomic mass is 10.2. The first-order valence-electron chi connectivity index (χ1n) is 7.59. The third kappa shape index (κ3) is 3.81. The van der Waals surface area contributed by atoms with Crippen LogP contribution in [0.25, 0.3) is 0 Å². The predicted molar refractivity (Wildman–Crippen MR) is 86.8 cm³/mol. The fourth-order valence-corrected chi connectivity index (χ4v) is 2.24. The molecule has 1 aliphatic carbocycles. The number of carbonyl (C=O) groups excluding carboxylic acids is 1. The van der Waals surface area contributed by atoms with Gasteiger partial charge >= 0.3 is 0 Å². The van der Waals surface area contributed by atoms with Gasteiger partial charge in [-0.3, -0.25) is 9.78 Å². The van der Waals surface area contributed by atoms with E-state index in [0.29, 0.717) is 0 Å². The number of pyridine rings is 2. The fraction of sp³-hybridized carbons (Fsp3) is 0.353. The number of aromatic nitrogens is 2. The molecule has 114 valence electrons. The first-order valence-corrected chi connectivity index (χ1v) is 7.59. The van der Waals surface area contributed by atoms with Crippen molar-refractivity contribution in [2.75, 3.05) is 23.8 Å². The van der Waals surface area contributed by atoms with Crippen LogP contribution in [0.3, 0.4) is 0 Å². The number of hydrogen-bond donors (Lipinski definition) is 1. The van der Waals surface area contributed by atoms with E-state index < -0.39 is 0 Å². The molecular weight excluding hydrogens is 276 g/mol. The van der Waals surface area contributed by atoms with Crippen molar-refractivity contribution in [1.29, 1.82) is 0 Å². The predicted octanol–water partition coefficient (Wildman–Crippen LogP) is 2.50. The smallest absolute Gasteiger partial charge is 0.227 e. The van der Waals surface area contributed by atoms with Gasteiger partial charge in [-0.15, -0.1) is 0 Å². The van der Waals surface area contributed by atoms with Crippen molar-refractivity contribution in [1.82, 2.24) is 9.97 Å². The van der Waals surface area contributed by atoms with Crippen LogP contribution in [0.1, 0.15) is 18.4 Å². The Bertz CT molecular complexity index is 623. The third-order valence-corrected chi connectivity index (χ3v) is 3.84. The Labute approximate surface area is 130 Å². The molecule has 0 aromatic carbocycles. The van der Waals surface area contributed by atoms with Crippen molar-refractivity contribution in [3.8, 4) is 0 Å². The van der Waals surface area contributed by atoms with Crippen molar-refractivity contribution >= 4 is 17.4 Å². The molecule has 2 heterocycles. The molecule has 1 fully saturated rings. The second-order valence-electron chi connectivity index (χ2n) is 5.70. The molecule has 5 heteroatoms. The minimum absolute atomic E-state index is 0.112. The van der Waals surface area contributed by atoms with E-state index in [-0.39, 0.29) is 11.8 Å². The molecule has 0 atom stereocenters. The van der Waals surface area contributed by atoms with Gasteiger partial charge in [0.15, 0.2) is 0 Å². The van der Waals surface area contributed by atoms with Gasteiger partial charge in [0.25, 0.3) is 0 Å². The van der Waals surface area contributed by atoms with Crippen molar-refractivity contribution in [3.63, 3.8) is 0 Å². The minimum atomic E-state index is 0.112. The number of nitrogens with one attached hydrogen (secondary N) is 1. The summed E-state index contributed by atoms with van der Waals surface area (Å²) in [7, 11) is 2.02. The van der Waals surface area contributed by atoms with Crippen molar-refractivity contribution in [2.24, 2.45) is 5.92 Å². The van der Waals surface area contributed by atoms with Crippen LogP contribution < -0.4 is 10.2 Å². The zero-order valence-electron chi connectivity index (χ0n) is 12.7. The van der Waals surface area contributed by atoms with Crippen LogP contribution in [0.2, 0.25) is 0 Å². The highest BCUT2D eigenvalue weighted by atomic mass is 16.2. The number of nitrogens with zero attached hydrogens (tertiary/aromatic N) is 3. The van der Waals surface area contributed by atoms with E-state index in [4.69, 9.17) is 0 Å². The molecule has 1 saturated carbocycles. The van der Waals surface area contributed by atoms with Crippen LogP contribution in [-0.4, -0.2) is 29.5 Å². The minimum Gasteiger partial charge on any atom is -0.359 e. The van der Waals surface area contributed by atoms with E-state index >= 15 is 0 Å². The van der Waals surface area contributed by atoms with Gasteiger partial charge in [-0.1, -0.05) is 0 Å². The molecule has 0 radical (unpaired) electrons. The quantitative estimate of drug-likeness (QED) is 0.890. The van der Waals surface area contributed by atoms with Gasteiger partial charge in [0.2, 0.25) is 5.91 Å². The average molecular weight is 296 g/mol. The summed E-state index contributed by atoms with van der Waals surface area (Å²) in [6, 6.07) is 7.90. The molecule has 1 amide bonds. The van der Waals surface area contributed by atoms with E-state index in [0.717, 1.165) is 37.3 Å². The van der Waals surface area contributed by atoms with Crippen molar-refractivity contribution < 1.29 is 4.79 Å². The molecule has 0 saturated heterocycles. The van der Waals surface area contributed by atoms with Gasteiger partial charge in [-0.2, -0.15) is 0 Å². The Morgan fingerprint density at radius 1 is 1.27 bits per heavy atom. The second-order valence-corrected chi connectivity index (χ2v) is 5.70. The Morgan fingerprint density at radius 2 is 2.05 bits per heavy atom. The van der Waals surface area contributed by atoms with Gasteiger partial charge in [-0.25, -0.2) is 4.98 Å². The maximum absolute atomic E-state index is 11.7. The van der Waals surface area contributed by atoms with E-state index in [2.05, 4.69) is 20.2 Å². The van der Waals surface area contributed by atoms with E-state index in [1.807, 2.05) is 43.7 Å². The van der Waals surface area contributed by atoms with Crippen molar-refractivity contribution in [2.45, 2.75) is 19.3 Å². The van der Waals surface area contributed by atoms with Crippen LogP contribution in [0, 0.1) is 5.92 Å². The molecule has 2 aromatic rings. The Morgan fingerprint density at radius 3 is 2.68 bits per heavy atom. The van der Waals surface area contributed by atoms with Gasteiger partial charge in [-0.05, 0) is 49.1 Å². The molecule has 22 heavy (non-hydrogen) atoms. The lowest BCUT2D eigenvalue weighted by molar-refractivity contribution is -0.117. The zero-order chi connectivity index (χ0) is 15.4. The lowest BCUT2D eigenvalue weighted by Crippen LogP contribution is -2.21. The molecule has 0 aliphatic heterocycles. The van der Waals surface area contributed by atoms with E-state index in [1.165, 1.54) is 5.56 Å². The van der Waals surface area contributed by atoms with E-state index in [1.54, 1.807) is 6.20 Å². The topological polar surface area (TPSA) is 58.1 Å². The monoisotopic (exact) mass is 296 g/mol.